The Labute approximate surface area is 206 Å². The third-order valence-corrected chi connectivity index (χ3v) is 7.65. The van der Waals surface area contributed by atoms with E-state index in [2.05, 4.69) is 30.9 Å². The fourth-order valence-electron chi connectivity index (χ4n) is 5.43. The number of halogens is 2. The van der Waals surface area contributed by atoms with Crippen molar-refractivity contribution >= 4 is 28.4 Å². The lowest BCUT2D eigenvalue weighted by molar-refractivity contribution is 0.421. The number of aromatic nitrogens is 5. The van der Waals surface area contributed by atoms with Gasteiger partial charge in [0, 0.05) is 42.5 Å². The first-order valence-corrected chi connectivity index (χ1v) is 12.3. The summed E-state index contributed by atoms with van der Waals surface area (Å²) in [6.45, 7) is 2.05. The van der Waals surface area contributed by atoms with E-state index in [1.165, 1.54) is 12.0 Å². The molecular weight excluding hydrogens is 462 g/mol. The Balaban J connectivity index is 1.28. The number of hydrogen-bond donors (Lipinski definition) is 3. The Morgan fingerprint density at radius 3 is 2.61 bits per heavy atom. The van der Waals surface area contributed by atoms with E-state index in [0.29, 0.717) is 41.0 Å². The summed E-state index contributed by atoms with van der Waals surface area (Å²) in [5.74, 6) is 1.71. The van der Waals surface area contributed by atoms with E-state index < -0.39 is 11.8 Å². The zero-order valence-electron chi connectivity index (χ0n) is 19.4. The molecule has 7 rings (SSSR count). The molecule has 3 aliphatic rings. The van der Waals surface area contributed by atoms with Crippen molar-refractivity contribution in [1.82, 2.24) is 30.2 Å². The van der Waals surface area contributed by atoms with Gasteiger partial charge in [0.15, 0.2) is 17.5 Å². The summed E-state index contributed by atoms with van der Waals surface area (Å²) in [5, 5.41) is 11.0. The van der Waals surface area contributed by atoms with Crippen LogP contribution in [0.5, 0.6) is 0 Å². The van der Waals surface area contributed by atoms with Crippen LogP contribution in [0.15, 0.2) is 42.9 Å². The molecule has 3 N–H and O–H groups in total. The smallest absolute Gasteiger partial charge is 0.214 e. The highest BCUT2D eigenvalue weighted by atomic mass is 19.1. The van der Waals surface area contributed by atoms with Gasteiger partial charge in [-0.25, -0.2) is 19.3 Å². The summed E-state index contributed by atoms with van der Waals surface area (Å²) >= 11 is 0. The fourth-order valence-corrected chi connectivity index (χ4v) is 5.43. The maximum Gasteiger partial charge on any atom is 0.214 e. The van der Waals surface area contributed by atoms with Crippen molar-refractivity contribution in [3.63, 3.8) is 0 Å². The van der Waals surface area contributed by atoms with Gasteiger partial charge < -0.3 is 16.0 Å². The maximum atomic E-state index is 14.1. The van der Waals surface area contributed by atoms with Crippen molar-refractivity contribution < 1.29 is 8.78 Å². The number of piperidine rings is 1. The summed E-state index contributed by atoms with van der Waals surface area (Å²) in [4.78, 5) is 22.2. The van der Waals surface area contributed by atoms with Crippen LogP contribution in [-0.2, 0) is 0 Å². The molecule has 2 aliphatic carbocycles. The molecule has 0 amide bonds. The van der Waals surface area contributed by atoms with Gasteiger partial charge in [-0.05, 0) is 60.4 Å². The Kier molecular flexibility index (Phi) is 5.02. The van der Waals surface area contributed by atoms with Crippen molar-refractivity contribution in [3.8, 4) is 11.4 Å². The molecule has 3 atom stereocenters. The van der Waals surface area contributed by atoms with Gasteiger partial charge >= 0.3 is 0 Å². The molecule has 4 aromatic heterocycles. The standard InChI is InChI=1S/C26H24F2N8/c27-18-4-5-20(28)33-25(18)34-21-8-14(6-7-31-21)24-32-19-12-30-9-15(13-2-1-3-13)22(19)26(36-24)35-23-16-10-29-11-17(16)23/h4-9,12-13,16-17,23,29H,1-3,10-11H2,(H,31,33,34)(H,32,35,36)/t16-,17?,23?/m0/s1. The second kappa shape index (κ2) is 8.41. The quantitative estimate of drug-likeness (QED) is 0.345. The molecule has 10 heteroatoms. The summed E-state index contributed by atoms with van der Waals surface area (Å²) in [5.41, 5.74) is 2.70. The van der Waals surface area contributed by atoms with E-state index in [1.807, 2.05) is 6.20 Å². The summed E-state index contributed by atoms with van der Waals surface area (Å²) in [6.07, 6.45) is 8.87. The van der Waals surface area contributed by atoms with Crippen LogP contribution in [0, 0.1) is 23.6 Å². The lowest BCUT2D eigenvalue weighted by atomic mass is 9.79. The molecule has 8 nitrogen and oxygen atoms in total. The third kappa shape index (κ3) is 3.72. The van der Waals surface area contributed by atoms with Gasteiger partial charge in [0.25, 0.3) is 0 Å². The minimum atomic E-state index is -0.779. The molecule has 2 unspecified atom stereocenters. The highest BCUT2D eigenvalue weighted by molar-refractivity contribution is 5.93. The molecule has 36 heavy (non-hydrogen) atoms. The zero-order chi connectivity index (χ0) is 24.2. The molecule has 4 aromatic rings. The molecule has 1 saturated heterocycles. The van der Waals surface area contributed by atoms with E-state index in [1.54, 1.807) is 24.5 Å². The van der Waals surface area contributed by atoms with Crippen LogP contribution in [0.4, 0.5) is 26.2 Å². The van der Waals surface area contributed by atoms with E-state index in [4.69, 9.17) is 9.97 Å². The second-order valence-electron chi connectivity index (χ2n) is 9.82. The summed E-state index contributed by atoms with van der Waals surface area (Å²) < 4.78 is 27.6. The van der Waals surface area contributed by atoms with Gasteiger partial charge in [0.05, 0.1) is 11.7 Å². The normalized spacial score (nSPS) is 22.8. The highest BCUT2D eigenvalue weighted by Crippen LogP contribution is 2.46. The van der Waals surface area contributed by atoms with Crippen molar-refractivity contribution in [2.75, 3.05) is 23.7 Å². The Morgan fingerprint density at radius 1 is 0.944 bits per heavy atom. The largest absolute Gasteiger partial charge is 0.366 e. The topological polar surface area (TPSA) is 101 Å². The number of fused-ring (bicyclic) bond motifs is 2. The third-order valence-electron chi connectivity index (χ3n) is 7.65. The molecule has 5 heterocycles. The highest BCUT2D eigenvalue weighted by Gasteiger charge is 2.53. The van der Waals surface area contributed by atoms with Crippen LogP contribution in [0.3, 0.4) is 0 Å². The van der Waals surface area contributed by atoms with Gasteiger partial charge in [-0.3, -0.25) is 4.98 Å². The van der Waals surface area contributed by atoms with Crippen molar-refractivity contribution in [3.05, 3.63) is 60.2 Å². The molecule has 0 bridgehead atoms. The fraction of sp³-hybridized carbons (Fsp3) is 0.346. The first-order chi connectivity index (χ1) is 17.6. The lowest BCUT2D eigenvalue weighted by Crippen LogP contribution is -2.22. The predicted octanol–water partition coefficient (Wildman–Crippen LogP) is 4.40. The lowest BCUT2D eigenvalue weighted by Gasteiger charge is -2.27. The van der Waals surface area contributed by atoms with Crippen molar-refractivity contribution in [1.29, 1.82) is 0 Å². The van der Waals surface area contributed by atoms with Crippen LogP contribution >= 0.6 is 0 Å². The van der Waals surface area contributed by atoms with Crippen molar-refractivity contribution in [2.45, 2.75) is 31.2 Å². The minimum absolute atomic E-state index is 0.232. The summed E-state index contributed by atoms with van der Waals surface area (Å²) in [7, 11) is 0. The minimum Gasteiger partial charge on any atom is -0.366 e. The molecule has 0 aromatic carbocycles. The molecule has 2 saturated carbocycles. The maximum absolute atomic E-state index is 14.1. The van der Waals surface area contributed by atoms with Crippen molar-refractivity contribution in [2.24, 2.45) is 11.8 Å². The first-order valence-electron chi connectivity index (χ1n) is 12.3. The first kappa shape index (κ1) is 21.5. The van der Waals surface area contributed by atoms with E-state index in [0.717, 1.165) is 54.8 Å². The predicted molar refractivity (Wildman–Crippen MR) is 132 cm³/mol. The molecular formula is C26H24F2N8. The SMILES string of the molecule is Fc1ccc(F)c(Nc2cc(-c3nc(NC4C5CNC[C@@H]54)c4c(C5CCC5)cncc4n3)ccn2)n1. The zero-order valence-corrected chi connectivity index (χ0v) is 19.4. The number of hydrogen-bond acceptors (Lipinski definition) is 8. The Bertz CT molecular complexity index is 1460. The number of pyridine rings is 3. The number of anilines is 3. The molecule has 1 aliphatic heterocycles. The van der Waals surface area contributed by atoms with E-state index >= 15 is 0 Å². The van der Waals surface area contributed by atoms with Crippen LogP contribution in [0.1, 0.15) is 30.7 Å². The van der Waals surface area contributed by atoms with Gasteiger partial charge in [0.1, 0.15) is 11.6 Å². The van der Waals surface area contributed by atoms with Gasteiger partial charge in [-0.15, -0.1) is 0 Å². The van der Waals surface area contributed by atoms with E-state index in [9.17, 15) is 8.78 Å². The Morgan fingerprint density at radius 2 is 1.81 bits per heavy atom. The second-order valence-corrected chi connectivity index (χ2v) is 9.82. The van der Waals surface area contributed by atoms with Gasteiger partial charge in [-0.2, -0.15) is 9.37 Å². The molecule has 182 valence electrons. The van der Waals surface area contributed by atoms with Crippen LogP contribution in [0.2, 0.25) is 0 Å². The molecule has 0 spiro atoms. The Hall–Kier alpha value is -3.79. The average molecular weight is 487 g/mol. The number of rotatable bonds is 6. The monoisotopic (exact) mass is 486 g/mol. The van der Waals surface area contributed by atoms with Crippen LogP contribution in [-0.4, -0.2) is 44.1 Å². The van der Waals surface area contributed by atoms with Crippen LogP contribution < -0.4 is 16.0 Å². The van der Waals surface area contributed by atoms with Crippen LogP contribution in [0.25, 0.3) is 22.3 Å². The van der Waals surface area contributed by atoms with Gasteiger partial charge in [-0.1, -0.05) is 6.42 Å². The number of nitrogens with one attached hydrogen (secondary N) is 3. The van der Waals surface area contributed by atoms with E-state index in [-0.39, 0.29) is 5.82 Å². The summed E-state index contributed by atoms with van der Waals surface area (Å²) in [6, 6.07) is 5.89. The average Bonchev–Trinajstić information content (AvgIpc) is 3.25. The van der Waals surface area contributed by atoms with Gasteiger partial charge in [0.2, 0.25) is 5.95 Å². The molecule has 3 fully saturated rings. The number of nitrogens with zero attached hydrogens (tertiary/aromatic N) is 5. The molecule has 0 radical (unpaired) electrons.